The van der Waals surface area contributed by atoms with Gasteiger partial charge in [0.2, 0.25) is 0 Å². The van der Waals surface area contributed by atoms with E-state index in [1.165, 1.54) is 0 Å². The van der Waals surface area contributed by atoms with E-state index in [2.05, 4.69) is 17.2 Å². The number of nitrogens with one attached hydrogen (secondary N) is 1. The molecule has 2 N–H and O–H groups in total. The summed E-state index contributed by atoms with van der Waals surface area (Å²) in [6.45, 7) is 2.14. The average molecular weight is 234 g/mol. The Balaban J connectivity index is 2.08. The van der Waals surface area contributed by atoms with Gasteiger partial charge in [0.1, 0.15) is 5.01 Å². The largest absolute Gasteiger partial charge is 0.392 e. The van der Waals surface area contributed by atoms with E-state index in [0.29, 0.717) is 0 Å². The number of aliphatic hydroxyl groups excluding tert-OH is 1. The Morgan fingerprint density at radius 1 is 1.50 bits per heavy atom. The molecule has 1 aromatic carbocycles. The maximum Gasteiger partial charge on any atom is 0.115 e. The zero-order valence-corrected chi connectivity index (χ0v) is 9.87. The Labute approximate surface area is 98.8 Å². The lowest BCUT2D eigenvalue weighted by Gasteiger charge is -2.13. The number of aliphatic hydroxyl groups is 1. The Bertz CT molecular complexity index is 442. The topological polar surface area (TPSA) is 45.1 Å². The van der Waals surface area contributed by atoms with Crippen LogP contribution in [0.5, 0.6) is 0 Å². The van der Waals surface area contributed by atoms with Crippen LogP contribution in [0.1, 0.15) is 23.5 Å². The summed E-state index contributed by atoms with van der Waals surface area (Å²) in [7, 11) is 0. The van der Waals surface area contributed by atoms with Gasteiger partial charge in [-0.2, -0.15) is 0 Å². The molecular weight excluding hydrogens is 220 g/mol. The molecule has 1 aromatic heterocycles. The summed E-state index contributed by atoms with van der Waals surface area (Å²) >= 11 is 1.64. The van der Waals surface area contributed by atoms with Gasteiger partial charge in [0, 0.05) is 17.3 Å². The predicted molar refractivity (Wildman–Crippen MR) is 66.5 cm³/mol. The van der Waals surface area contributed by atoms with Crippen molar-refractivity contribution in [1.29, 1.82) is 0 Å². The highest BCUT2D eigenvalue weighted by molar-refractivity contribution is 7.09. The number of hydrogen-bond donors (Lipinski definition) is 2. The number of nitrogens with zero attached hydrogens (tertiary/aromatic N) is 1. The number of thiazole rings is 1. The van der Waals surface area contributed by atoms with Crippen molar-refractivity contribution in [1.82, 2.24) is 4.98 Å². The molecule has 2 rings (SSSR count). The second-order valence-electron chi connectivity index (χ2n) is 3.59. The fourth-order valence-electron chi connectivity index (χ4n) is 1.52. The zero-order chi connectivity index (χ0) is 11.4. The summed E-state index contributed by atoms with van der Waals surface area (Å²) in [4.78, 5) is 4.26. The molecular formula is C12H14N2OS. The van der Waals surface area contributed by atoms with Crippen LogP contribution in [0.3, 0.4) is 0 Å². The minimum absolute atomic E-state index is 0.0706. The van der Waals surface area contributed by atoms with Crippen molar-refractivity contribution in [3.63, 3.8) is 0 Å². The molecule has 0 aliphatic rings. The SMILES string of the molecule is CC(Nc1cccc(CO)c1)c1nccs1. The number of benzene rings is 1. The van der Waals surface area contributed by atoms with Crippen LogP contribution in [0.25, 0.3) is 0 Å². The highest BCUT2D eigenvalue weighted by atomic mass is 32.1. The van der Waals surface area contributed by atoms with Gasteiger partial charge in [-0.25, -0.2) is 4.98 Å². The number of rotatable bonds is 4. The van der Waals surface area contributed by atoms with Gasteiger partial charge in [0.05, 0.1) is 12.6 Å². The Kier molecular flexibility index (Phi) is 3.54. The summed E-state index contributed by atoms with van der Waals surface area (Å²) in [5.74, 6) is 0. The molecule has 0 saturated heterocycles. The molecule has 3 nitrogen and oxygen atoms in total. The molecule has 4 heteroatoms. The highest BCUT2D eigenvalue weighted by Crippen LogP contribution is 2.21. The molecule has 0 aliphatic heterocycles. The van der Waals surface area contributed by atoms with Gasteiger partial charge < -0.3 is 10.4 Å². The van der Waals surface area contributed by atoms with Crippen LogP contribution in [0.4, 0.5) is 5.69 Å². The maximum absolute atomic E-state index is 9.04. The van der Waals surface area contributed by atoms with Gasteiger partial charge in [-0.05, 0) is 24.6 Å². The first kappa shape index (κ1) is 11.1. The van der Waals surface area contributed by atoms with E-state index in [1.54, 1.807) is 11.3 Å². The van der Waals surface area contributed by atoms with Crippen molar-refractivity contribution >= 4 is 17.0 Å². The van der Waals surface area contributed by atoms with Crippen LogP contribution in [-0.4, -0.2) is 10.1 Å². The summed E-state index contributed by atoms with van der Waals surface area (Å²) in [6.07, 6.45) is 1.81. The second kappa shape index (κ2) is 5.09. The van der Waals surface area contributed by atoms with E-state index >= 15 is 0 Å². The molecule has 84 valence electrons. The monoisotopic (exact) mass is 234 g/mol. The fourth-order valence-corrected chi connectivity index (χ4v) is 2.17. The molecule has 2 aromatic rings. The van der Waals surface area contributed by atoms with Crippen LogP contribution < -0.4 is 5.32 Å². The van der Waals surface area contributed by atoms with Crippen molar-refractivity contribution in [2.24, 2.45) is 0 Å². The predicted octanol–water partition coefficient (Wildman–Crippen LogP) is 2.81. The first-order valence-corrected chi connectivity index (χ1v) is 6.03. The van der Waals surface area contributed by atoms with Crippen LogP contribution in [-0.2, 0) is 6.61 Å². The van der Waals surface area contributed by atoms with E-state index in [0.717, 1.165) is 16.3 Å². The van der Waals surface area contributed by atoms with Crippen molar-refractivity contribution in [2.75, 3.05) is 5.32 Å². The van der Waals surface area contributed by atoms with Gasteiger partial charge in [-0.3, -0.25) is 0 Å². The minimum Gasteiger partial charge on any atom is -0.392 e. The quantitative estimate of drug-likeness (QED) is 0.855. The number of aromatic nitrogens is 1. The normalized spacial score (nSPS) is 12.4. The Morgan fingerprint density at radius 3 is 3.06 bits per heavy atom. The number of hydrogen-bond acceptors (Lipinski definition) is 4. The first-order valence-electron chi connectivity index (χ1n) is 5.15. The van der Waals surface area contributed by atoms with E-state index < -0.39 is 0 Å². The lowest BCUT2D eigenvalue weighted by atomic mass is 10.2. The van der Waals surface area contributed by atoms with E-state index in [9.17, 15) is 0 Å². The standard InChI is InChI=1S/C12H14N2OS/c1-9(12-13-5-6-16-12)14-11-4-2-3-10(7-11)8-15/h2-7,9,14-15H,8H2,1H3. The van der Waals surface area contributed by atoms with Gasteiger partial charge >= 0.3 is 0 Å². The first-order chi connectivity index (χ1) is 7.79. The number of anilines is 1. The zero-order valence-electron chi connectivity index (χ0n) is 9.05. The van der Waals surface area contributed by atoms with Crippen LogP contribution >= 0.6 is 11.3 Å². The molecule has 0 saturated carbocycles. The van der Waals surface area contributed by atoms with E-state index in [-0.39, 0.29) is 12.6 Å². The van der Waals surface area contributed by atoms with Crippen LogP contribution in [0.2, 0.25) is 0 Å². The molecule has 0 radical (unpaired) electrons. The fraction of sp³-hybridized carbons (Fsp3) is 0.250. The smallest absolute Gasteiger partial charge is 0.115 e. The van der Waals surface area contributed by atoms with Crippen LogP contribution in [0.15, 0.2) is 35.8 Å². The van der Waals surface area contributed by atoms with Crippen molar-refractivity contribution in [3.05, 3.63) is 46.4 Å². The molecule has 1 atom stereocenters. The second-order valence-corrected chi connectivity index (χ2v) is 4.52. The van der Waals surface area contributed by atoms with Crippen LogP contribution in [0, 0.1) is 0 Å². The van der Waals surface area contributed by atoms with E-state index in [1.807, 2.05) is 35.8 Å². The van der Waals surface area contributed by atoms with Gasteiger partial charge in [0.25, 0.3) is 0 Å². The maximum atomic E-state index is 9.04. The summed E-state index contributed by atoms with van der Waals surface area (Å²) in [6, 6.07) is 7.96. The lowest BCUT2D eigenvalue weighted by Crippen LogP contribution is -2.06. The molecule has 16 heavy (non-hydrogen) atoms. The highest BCUT2D eigenvalue weighted by Gasteiger charge is 2.07. The van der Waals surface area contributed by atoms with Crippen molar-refractivity contribution in [3.8, 4) is 0 Å². The van der Waals surface area contributed by atoms with Crippen molar-refractivity contribution < 1.29 is 5.11 Å². The van der Waals surface area contributed by atoms with Crippen molar-refractivity contribution in [2.45, 2.75) is 19.6 Å². The molecule has 0 amide bonds. The minimum atomic E-state index is 0.0706. The lowest BCUT2D eigenvalue weighted by molar-refractivity contribution is 0.282. The molecule has 0 aliphatic carbocycles. The van der Waals surface area contributed by atoms with Gasteiger partial charge in [-0.15, -0.1) is 11.3 Å². The Hall–Kier alpha value is -1.39. The third-order valence-corrected chi connectivity index (χ3v) is 3.27. The molecule has 1 heterocycles. The van der Waals surface area contributed by atoms with E-state index in [4.69, 9.17) is 5.11 Å². The van der Waals surface area contributed by atoms with Gasteiger partial charge in [0.15, 0.2) is 0 Å². The summed E-state index contributed by atoms with van der Waals surface area (Å²) in [5, 5.41) is 15.4. The third-order valence-electron chi connectivity index (χ3n) is 2.31. The summed E-state index contributed by atoms with van der Waals surface area (Å²) in [5.41, 5.74) is 1.92. The average Bonchev–Trinajstić information content (AvgIpc) is 2.83. The molecule has 1 unspecified atom stereocenters. The van der Waals surface area contributed by atoms with Gasteiger partial charge in [-0.1, -0.05) is 12.1 Å². The third kappa shape index (κ3) is 2.59. The molecule has 0 bridgehead atoms. The Morgan fingerprint density at radius 2 is 2.38 bits per heavy atom. The molecule has 0 fully saturated rings. The summed E-state index contributed by atoms with van der Waals surface area (Å²) < 4.78 is 0. The molecule has 0 spiro atoms.